The number of nitrogens with two attached hydrogens (primary N) is 1. The minimum absolute atomic E-state index is 0.187. The van der Waals surface area contributed by atoms with Crippen molar-refractivity contribution in [2.24, 2.45) is 5.73 Å². The Morgan fingerprint density at radius 2 is 2.14 bits per heavy atom. The molecule has 1 rings (SSSR count). The molecule has 0 atom stereocenters. The van der Waals surface area contributed by atoms with Crippen molar-refractivity contribution in [3.63, 3.8) is 0 Å². The summed E-state index contributed by atoms with van der Waals surface area (Å²) in [6.45, 7) is -0.538. The van der Waals surface area contributed by atoms with Crippen molar-refractivity contribution >= 4 is 11.9 Å². The lowest BCUT2D eigenvalue weighted by Gasteiger charge is -2.37. The van der Waals surface area contributed by atoms with Gasteiger partial charge in [-0.2, -0.15) is 0 Å². The number of rotatable bonds is 5. The number of carbonyl (C=O) groups excluding carboxylic acids is 1. The Morgan fingerprint density at radius 1 is 1.50 bits per heavy atom. The van der Waals surface area contributed by atoms with Crippen LogP contribution in [-0.4, -0.2) is 29.1 Å². The fraction of sp³-hybridized carbons (Fsp3) is 0.750. The average molecular weight is 202 g/mol. The molecule has 14 heavy (non-hydrogen) atoms. The molecule has 80 valence electrons. The predicted molar refractivity (Wildman–Crippen MR) is 47.1 cm³/mol. The standard InChI is InChI=1S/C8H14N2O4/c9-8(2-1-3-8)4-6(11)10-14-5-7(12)13/h1-5,9H2,(H,10,11)(H,12,13). The van der Waals surface area contributed by atoms with E-state index in [0.717, 1.165) is 19.3 Å². The molecule has 1 aliphatic carbocycles. The molecular weight excluding hydrogens is 188 g/mol. The Hall–Kier alpha value is -1.14. The van der Waals surface area contributed by atoms with E-state index in [4.69, 9.17) is 10.8 Å². The van der Waals surface area contributed by atoms with Crippen molar-refractivity contribution in [2.45, 2.75) is 31.2 Å². The molecule has 0 heterocycles. The number of aliphatic carboxylic acids is 1. The van der Waals surface area contributed by atoms with E-state index in [-0.39, 0.29) is 12.3 Å². The van der Waals surface area contributed by atoms with Gasteiger partial charge in [-0.1, -0.05) is 0 Å². The summed E-state index contributed by atoms with van der Waals surface area (Å²) in [5, 5.41) is 8.22. The summed E-state index contributed by atoms with van der Waals surface area (Å²) >= 11 is 0. The highest BCUT2D eigenvalue weighted by molar-refractivity contribution is 5.76. The van der Waals surface area contributed by atoms with Crippen molar-refractivity contribution in [2.75, 3.05) is 6.61 Å². The van der Waals surface area contributed by atoms with Crippen molar-refractivity contribution < 1.29 is 19.5 Å². The van der Waals surface area contributed by atoms with Crippen LogP contribution < -0.4 is 11.2 Å². The monoisotopic (exact) mass is 202 g/mol. The minimum atomic E-state index is -1.13. The second-order valence-corrected chi connectivity index (χ2v) is 3.60. The molecule has 1 amide bonds. The summed E-state index contributed by atoms with van der Waals surface area (Å²) in [6, 6.07) is 0. The minimum Gasteiger partial charge on any atom is -0.479 e. The zero-order chi connectivity index (χ0) is 10.6. The number of carboxylic acids is 1. The van der Waals surface area contributed by atoms with E-state index in [9.17, 15) is 9.59 Å². The molecule has 0 unspecified atom stereocenters. The van der Waals surface area contributed by atoms with Crippen molar-refractivity contribution in [3.05, 3.63) is 0 Å². The fourth-order valence-electron chi connectivity index (χ4n) is 1.34. The van der Waals surface area contributed by atoms with Crippen LogP contribution in [0.5, 0.6) is 0 Å². The molecule has 1 aliphatic rings. The largest absolute Gasteiger partial charge is 0.479 e. The maximum absolute atomic E-state index is 11.1. The molecule has 0 aromatic carbocycles. The van der Waals surface area contributed by atoms with Gasteiger partial charge in [0.1, 0.15) is 0 Å². The van der Waals surface area contributed by atoms with Gasteiger partial charge in [-0.15, -0.1) is 0 Å². The number of hydroxylamine groups is 1. The van der Waals surface area contributed by atoms with Gasteiger partial charge in [-0.05, 0) is 19.3 Å². The highest BCUT2D eigenvalue weighted by Crippen LogP contribution is 2.31. The molecule has 4 N–H and O–H groups in total. The third-order valence-electron chi connectivity index (χ3n) is 2.24. The van der Waals surface area contributed by atoms with Gasteiger partial charge in [0.2, 0.25) is 5.91 Å². The second kappa shape index (κ2) is 4.39. The van der Waals surface area contributed by atoms with Crippen LogP contribution in [0.25, 0.3) is 0 Å². The van der Waals surface area contributed by atoms with Crippen molar-refractivity contribution in [1.29, 1.82) is 0 Å². The summed E-state index contributed by atoms with van der Waals surface area (Å²) in [4.78, 5) is 25.6. The van der Waals surface area contributed by atoms with Crippen LogP contribution in [0, 0.1) is 0 Å². The highest BCUT2D eigenvalue weighted by atomic mass is 16.7. The molecule has 0 aromatic heterocycles. The fourth-order valence-corrected chi connectivity index (χ4v) is 1.34. The van der Waals surface area contributed by atoms with Gasteiger partial charge in [0.15, 0.2) is 6.61 Å². The van der Waals surface area contributed by atoms with Gasteiger partial charge in [0.05, 0.1) is 0 Å². The van der Waals surface area contributed by atoms with Crippen molar-refractivity contribution in [1.82, 2.24) is 5.48 Å². The molecule has 1 saturated carbocycles. The molecule has 1 fully saturated rings. The van der Waals surface area contributed by atoms with Crippen LogP contribution in [0.1, 0.15) is 25.7 Å². The lowest BCUT2D eigenvalue weighted by atomic mass is 9.75. The van der Waals surface area contributed by atoms with Crippen LogP contribution in [0.3, 0.4) is 0 Å². The van der Waals surface area contributed by atoms with E-state index >= 15 is 0 Å². The molecule has 0 bridgehead atoms. The number of carboxylic acid groups (broad SMARTS) is 1. The van der Waals surface area contributed by atoms with Crippen LogP contribution in [0.2, 0.25) is 0 Å². The number of hydrogen-bond donors (Lipinski definition) is 3. The highest BCUT2D eigenvalue weighted by Gasteiger charge is 2.34. The normalized spacial score (nSPS) is 18.4. The van der Waals surface area contributed by atoms with E-state index in [1.54, 1.807) is 0 Å². The Bertz CT molecular complexity index is 237. The maximum Gasteiger partial charge on any atom is 0.332 e. The zero-order valence-electron chi connectivity index (χ0n) is 7.78. The first-order chi connectivity index (χ1) is 6.52. The number of amides is 1. The first kappa shape index (κ1) is 10.9. The van der Waals surface area contributed by atoms with E-state index in [2.05, 4.69) is 4.84 Å². The SMILES string of the molecule is NC1(CC(=O)NOCC(=O)O)CCC1. The third kappa shape index (κ3) is 3.31. The van der Waals surface area contributed by atoms with E-state index < -0.39 is 18.1 Å². The summed E-state index contributed by atoms with van der Waals surface area (Å²) in [6.07, 6.45) is 2.89. The zero-order valence-corrected chi connectivity index (χ0v) is 7.78. The number of hydrogen-bond acceptors (Lipinski definition) is 4. The Kier molecular flexibility index (Phi) is 3.43. The summed E-state index contributed by atoms with van der Waals surface area (Å²) in [7, 11) is 0. The first-order valence-electron chi connectivity index (χ1n) is 4.43. The van der Waals surface area contributed by atoms with Gasteiger partial charge in [-0.25, -0.2) is 10.3 Å². The lowest BCUT2D eigenvalue weighted by Crippen LogP contribution is -2.50. The predicted octanol–water partition coefficient (Wildman–Crippen LogP) is -0.610. The van der Waals surface area contributed by atoms with Crippen LogP contribution >= 0.6 is 0 Å². The molecule has 0 aromatic rings. The molecule has 6 heteroatoms. The van der Waals surface area contributed by atoms with E-state index in [1.165, 1.54) is 0 Å². The summed E-state index contributed by atoms with van der Waals surface area (Å²) in [5.41, 5.74) is 7.44. The Labute approximate surface area is 81.4 Å². The Balaban J connectivity index is 2.13. The number of nitrogens with one attached hydrogen (secondary N) is 1. The third-order valence-corrected chi connectivity index (χ3v) is 2.24. The second-order valence-electron chi connectivity index (χ2n) is 3.60. The van der Waals surface area contributed by atoms with Crippen LogP contribution in [0.15, 0.2) is 0 Å². The quantitative estimate of drug-likeness (QED) is 0.516. The topological polar surface area (TPSA) is 102 Å². The molecule has 6 nitrogen and oxygen atoms in total. The van der Waals surface area contributed by atoms with Gasteiger partial charge < -0.3 is 10.8 Å². The maximum atomic E-state index is 11.1. The first-order valence-corrected chi connectivity index (χ1v) is 4.43. The van der Waals surface area contributed by atoms with Crippen molar-refractivity contribution in [3.8, 4) is 0 Å². The Morgan fingerprint density at radius 3 is 2.57 bits per heavy atom. The van der Waals surface area contributed by atoms with Gasteiger partial charge in [0, 0.05) is 12.0 Å². The van der Waals surface area contributed by atoms with Gasteiger partial charge in [0.25, 0.3) is 0 Å². The van der Waals surface area contributed by atoms with Gasteiger partial charge in [-0.3, -0.25) is 9.63 Å². The van der Waals surface area contributed by atoms with E-state index in [1.807, 2.05) is 5.48 Å². The van der Waals surface area contributed by atoms with Crippen LogP contribution in [-0.2, 0) is 14.4 Å². The lowest BCUT2D eigenvalue weighted by molar-refractivity contribution is -0.149. The summed E-state index contributed by atoms with van der Waals surface area (Å²) in [5.74, 6) is -1.50. The average Bonchev–Trinajstić information content (AvgIpc) is 2.00. The smallest absolute Gasteiger partial charge is 0.332 e. The van der Waals surface area contributed by atoms with Gasteiger partial charge >= 0.3 is 5.97 Å². The molecule has 0 spiro atoms. The molecule has 0 saturated heterocycles. The summed E-state index contributed by atoms with van der Waals surface area (Å²) < 4.78 is 0. The molecular formula is C8H14N2O4. The number of carbonyl (C=O) groups is 2. The molecule has 0 aliphatic heterocycles. The van der Waals surface area contributed by atoms with Crippen LogP contribution in [0.4, 0.5) is 0 Å². The van der Waals surface area contributed by atoms with E-state index in [0.29, 0.717) is 0 Å². The molecule has 0 radical (unpaired) electrons.